The van der Waals surface area contributed by atoms with Gasteiger partial charge in [0, 0.05) is 18.5 Å². The highest BCUT2D eigenvalue weighted by Gasteiger charge is 2.63. The van der Waals surface area contributed by atoms with Gasteiger partial charge in [0.05, 0.1) is 13.2 Å². The van der Waals surface area contributed by atoms with Crippen molar-refractivity contribution in [1.29, 1.82) is 0 Å². The summed E-state index contributed by atoms with van der Waals surface area (Å²) in [4.78, 5) is 15.8. The van der Waals surface area contributed by atoms with Crippen LogP contribution in [0, 0.1) is 16.7 Å². The molecule has 1 saturated carbocycles. The van der Waals surface area contributed by atoms with Gasteiger partial charge in [-0.25, -0.2) is 9.48 Å². The average molecular weight is 331 g/mol. The molecule has 1 aliphatic heterocycles. The minimum absolute atomic E-state index is 0.129. The first-order valence-corrected chi connectivity index (χ1v) is 8.32. The van der Waals surface area contributed by atoms with E-state index in [1.807, 2.05) is 0 Å². The zero-order chi connectivity index (χ0) is 17.6. The summed E-state index contributed by atoms with van der Waals surface area (Å²) in [5.41, 5.74) is -0.585. The van der Waals surface area contributed by atoms with Crippen LogP contribution in [0.3, 0.4) is 0 Å². The number of carbonyl (C=O) groups is 1. The Morgan fingerprint density at radius 3 is 2.62 bits per heavy atom. The minimum Gasteiger partial charge on any atom is -0.479 e. The fourth-order valence-corrected chi connectivity index (χ4v) is 3.84. The summed E-state index contributed by atoms with van der Waals surface area (Å²) in [6, 6.07) is 1.71. The number of allylic oxidation sites excluding steroid dienone is 1. The molecule has 1 aliphatic carbocycles. The number of hydrogen-bond donors (Lipinski definition) is 1. The number of carboxylic acid groups (broad SMARTS) is 1. The van der Waals surface area contributed by atoms with Crippen LogP contribution in [0.25, 0.3) is 0 Å². The number of aliphatic carboxylic acids is 1. The molecule has 0 saturated heterocycles. The minimum atomic E-state index is -1.27. The SMILES string of the molecule is CC1(C)C(CCOc2ccn(C3(C(=O)O)C=CC=NC3)n2)C1(C)C. The third-order valence-electron chi connectivity index (χ3n) is 6.22. The average Bonchev–Trinajstić information content (AvgIpc) is 2.89. The monoisotopic (exact) mass is 331 g/mol. The van der Waals surface area contributed by atoms with Crippen LogP contribution >= 0.6 is 0 Å². The number of dihydropyridines is 1. The molecule has 1 unspecified atom stereocenters. The lowest BCUT2D eigenvalue weighted by Gasteiger charge is -2.26. The molecule has 0 amide bonds. The molecule has 1 atom stereocenters. The molecule has 6 nitrogen and oxygen atoms in total. The van der Waals surface area contributed by atoms with Crippen molar-refractivity contribution >= 4 is 12.2 Å². The Morgan fingerprint density at radius 1 is 1.38 bits per heavy atom. The van der Waals surface area contributed by atoms with Crippen LogP contribution in [0.2, 0.25) is 0 Å². The van der Waals surface area contributed by atoms with E-state index in [0.29, 0.717) is 29.2 Å². The van der Waals surface area contributed by atoms with Crippen molar-refractivity contribution in [1.82, 2.24) is 9.78 Å². The molecule has 1 aromatic heterocycles. The van der Waals surface area contributed by atoms with Crippen molar-refractivity contribution < 1.29 is 14.6 Å². The Hall–Kier alpha value is -2.11. The van der Waals surface area contributed by atoms with Crippen molar-refractivity contribution in [3.05, 3.63) is 24.4 Å². The molecule has 24 heavy (non-hydrogen) atoms. The highest BCUT2D eigenvalue weighted by atomic mass is 16.5. The second-order valence-electron chi connectivity index (χ2n) is 7.81. The van der Waals surface area contributed by atoms with Gasteiger partial charge >= 0.3 is 5.97 Å². The summed E-state index contributed by atoms with van der Waals surface area (Å²) in [5.74, 6) is 0.106. The molecule has 6 heteroatoms. The fraction of sp³-hybridized carbons (Fsp3) is 0.611. The van der Waals surface area contributed by atoms with Gasteiger partial charge in [-0.15, -0.1) is 5.10 Å². The quantitative estimate of drug-likeness (QED) is 0.869. The Kier molecular flexibility index (Phi) is 3.81. The van der Waals surface area contributed by atoms with Crippen LogP contribution in [0.1, 0.15) is 34.1 Å². The van der Waals surface area contributed by atoms with E-state index in [4.69, 9.17) is 4.74 Å². The van der Waals surface area contributed by atoms with E-state index in [1.165, 1.54) is 4.68 Å². The number of carboxylic acids is 1. The lowest BCUT2D eigenvalue weighted by atomic mass is 9.98. The van der Waals surface area contributed by atoms with E-state index >= 15 is 0 Å². The van der Waals surface area contributed by atoms with Gasteiger partial charge in [-0.2, -0.15) is 0 Å². The number of aromatic nitrogens is 2. The first-order chi connectivity index (χ1) is 11.2. The van der Waals surface area contributed by atoms with Crippen molar-refractivity contribution in [3.8, 4) is 5.88 Å². The van der Waals surface area contributed by atoms with Crippen molar-refractivity contribution in [2.75, 3.05) is 13.2 Å². The summed E-state index contributed by atoms with van der Waals surface area (Å²) in [5, 5.41) is 13.9. The molecule has 0 spiro atoms. The van der Waals surface area contributed by atoms with Crippen LogP contribution in [0.4, 0.5) is 0 Å². The Bertz CT molecular complexity index is 688. The molecule has 1 N–H and O–H groups in total. The van der Waals surface area contributed by atoms with E-state index in [9.17, 15) is 9.90 Å². The lowest BCUT2D eigenvalue weighted by molar-refractivity contribution is -0.144. The normalized spacial score (nSPS) is 27.2. The third kappa shape index (κ3) is 2.44. The third-order valence-corrected chi connectivity index (χ3v) is 6.22. The van der Waals surface area contributed by atoms with Crippen LogP contribution < -0.4 is 4.74 Å². The van der Waals surface area contributed by atoms with E-state index in [2.05, 4.69) is 37.8 Å². The van der Waals surface area contributed by atoms with Gasteiger partial charge < -0.3 is 9.84 Å². The molecule has 0 bridgehead atoms. The number of hydrogen-bond acceptors (Lipinski definition) is 4. The second-order valence-corrected chi connectivity index (χ2v) is 7.81. The molecule has 2 heterocycles. The van der Waals surface area contributed by atoms with Crippen LogP contribution in [-0.4, -0.2) is 40.2 Å². The molecule has 0 aromatic carbocycles. The number of nitrogens with zero attached hydrogens (tertiary/aromatic N) is 3. The smallest absolute Gasteiger partial charge is 0.337 e. The highest BCUT2D eigenvalue weighted by molar-refractivity contribution is 5.84. The molecule has 3 rings (SSSR count). The van der Waals surface area contributed by atoms with Gasteiger partial charge in [-0.3, -0.25) is 4.99 Å². The topological polar surface area (TPSA) is 76.7 Å². The Morgan fingerprint density at radius 2 is 2.08 bits per heavy atom. The standard InChI is InChI=1S/C18H25N3O3/c1-16(2)13(17(16,3)4)7-11-24-14-6-10-21(20-14)18(15(22)23)8-5-9-19-12-18/h5-6,8-10,13H,7,11-12H2,1-4H3,(H,22,23). The Balaban J connectivity index is 1.63. The fourth-order valence-electron chi connectivity index (χ4n) is 3.84. The van der Waals surface area contributed by atoms with Crippen molar-refractivity contribution in [2.24, 2.45) is 21.7 Å². The maximum absolute atomic E-state index is 11.7. The van der Waals surface area contributed by atoms with Crippen LogP contribution in [-0.2, 0) is 10.3 Å². The van der Waals surface area contributed by atoms with Crippen LogP contribution in [0.15, 0.2) is 29.4 Å². The predicted molar refractivity (Wildman–Crippen MR) is 91.5 cm³/mol. The van der Waals surface area contributed by atoms with Gasteiger partial charge in [-0.05, 0) is 35.3 Å². The number of rotatable bonds is 6. The number of aliphatic imine (C=N–C) groups is 1. The van der Waals surface area contributed by atoms with Gasteiger partial charge in [0.15, 0.2) is 5.54 Å². The van der Waals surface area contributed by atoms with Crippen molar-refractivity contribution in [2.45, 2.75) is 39.7 Å². The van der Waals surface area contributed by atoms with Crippen LogP contribution in [0.5, 0.6) is 5.88 Å². The maximum atomic E-state index is 11.7. The molecule has 0 radical (unpaired) electrons. The van der Waals surface area contributed by atoms with Crippen molar-refractivity contribution in [3.63, 3.8) is 0 Å². The van der Waals surface area contributed by atoms with E-state index < -0.39 is 11.5 Å². The summed E-state index contributed by atoms with van der Waals surface area (Å²) in [6.45, 7) is 9.88. The first-order valence-electron chi connectivity index (χ1n) is 8.32. The van der Waals surface area contributed by atoms with E-state index in [1.54, 1.807) is 30.6 Å². The summed E-state index contributed by atoms with van der Waals surface area (Å²) in [6.07, 6.45) is 7.45. The molecule has 1 fully saturated rings. The molecule has 130 valence electrons. The maximum Gasteiger partial charge on any atom is 0.337 e. The molecule has 2 aliphatic rings. The molecular formula is C18H25N3O3. The molecule has 1 aromatic rings. The van der Waals surface area contributed by atoms with E-state index in [0.717, 1.165) is 6.42 Å². The summed E-state index contributed by atoms with van der Waals surface area (Å²) < 4.78 is 7.17. The summed E-state index contributed by atoms with van der Waals surface area (Å²) in [7, 11) is 0. The highest BCUT2D eigenvalue weighted by Crippen LogP contribution is 2.69. The lowest BCUT2D eigenvalue weighted by Crippen LogP contribution is -2.44. The van der Waals surface area contributed by atoms with Gasteiger partial charge in [0.25, 0.3) is 0 Å². The van der Waals surface area contributed by atoms with Gasteiger partial charge in [0.1, 0.15) is 0 Å². The predicted octanol–water partition coefficient (Wildman–Crippen LogP) is 2.75. The van der Waals surface area contributed by atoms with Gasteiger partial charge in [0.2, 0.25) is 5.88 Å². The zero-order valence-electron chi connectivity index (χ0n) is 14.7. The second kappa shape index (κ2) is 5.46. The largest absolute Gasteiger partial charge is 0.479 e. The number of ether oxygens (including phenoxy) is 1. The van der Waals surface area contributed by atoms with Gasteiger partial charge in [-0.1, -0.05) is 27.7 Å². The summed E-state index contributed by atoms with van der Waals surface area (Å²) >= 11 is 0. The molecular weight excluding hydrogens is 306 g/mol. The first kappa shape index (κ1) is 16.7. The Labute approximate surface area is 142 Å². The van der Waals surface area contributed by atoms with E-state index in [-0.39, 0.29) is 6.54 Å². The zero-order valence-corrected chi connectivity index (χ0v) is 14.7.